The van der Waals surface area contributed by atoms with E-state index in [1.807, 2.05) is 18.2 Å². The van der Waals surface area contributed by atoms with Gasteiger partial charge in [-0.2, -0.15) is 5.26 Å². The van der Waals surface area contributed by atoms with Crippen molar-refractivity contribution in [2.24, 2.45) is 0 Å². The first-order valence-corrected chi connectivity index (χ1v) is 9.81. The van der Waals surface area contributed by atoms with Crippen LogP contribution in [-0.4, -0.2) is 47.5 Å². The number of rotatable bonds is 6. The quantitative estimate of drug-likeness (QED) is 0.711. The average Bonchev–Trinajstić information content (AvgIpc) is 2.92. The summed E-state index contributed by atoms with van der Waals surface area (Å²) in [6.07, 6.45) is 4.18. The van der Waals surface area contributed by atoms with Crippen LogP contribution >= 0.6 is 0 Å². The SMILES string of the molecule is COc1ccccc1C[C@@]1(C)NC(=O)N(CC(=O)NC2(C#N)CCCCC2)C1=O. The summed E-state index contributed by atoms with van der Waals surface area (Å²) in [6, 6.07) is 8.87. The maximum atomic E-state index is 13.0. The molecular formula is C21H26N4O4. The number of methoxy groups -OCH3 is 1. The van der Waals surface area contributed by atoms with E-state index in [0.717, 1.165) is 29.7 Å². The fourth-order valence-electron chi connectivity index (χ4n) is 4.11. The van der Waals surface area contributed by atoms with E-state index in [0.29, 0.717) is 18.6 Å². The summed E-state index contributed by atoms with van der Waals surface area (Å²) < 4.78 is 5.33. The van der Waals surface area contributed by atoms with Gasteiger partial charge < -0.3 is 15.4 Å². The summed E-state index contributed by atoms with van der Waals surface area (Å²) in [7, 11) is 1.54. The standard InChI is InChI=1S/C21H26N4O4/c1-20(12-15-8-4-5-9-16(15)29-2)18(27)25(19(28)24-20)13-17(26)23-21(14-22)10-6-3-7-11-21/h4-5,8-9H,3,6-7,10-13H2,1-2H3,(H,23,26)(H,24,28)/t20-/m1/s1. The highest BCUT2D eigenvalue weighted by Crippen LogP contribution is 2.29. The molecule has 154 valence electrons. The summed E-state index contributed by atoms with van der Waals surface area (Å²) in [5.74, 6) is -0.350. The van der Waals surface area contributed by atoms with Crippen molar-refractivity contribution in [2.75, 3.05) is 13.7 Å². The molecule has 1 saturated heterocycles. The Kier molecular flexibility index (Phi) is 5.78. The van der Waals surface area contributed by atoms with Crippen molar-refractivity contribution in [3.05, 3.63) is 29.8 Å². The number of urea groups is 1. The third-order valence-corrected chi connectivity index (χ3v) is 5.68. The molecule has 1 aliphatic carbocycles. The second-order valence-corrected chi connectivity index (χ2v) is 7.94. The van der Waals surface area contributed by atoms with Gasteiger partial charge in [-0.15, -0.1) is 0 Å². The van der Waals surface area contributed by atoms with Gasteiger partial charge in [-0.05, 0) is 31.4 Å². The molecule has 2 aliphatic rings. The van der Waals surface area contributed by atoms with E-state index in [-0.39, 0.29) is 6.42 Å². The predicted octanol–water partition coefficient (Wildman–Crippen LogP) is 1.89. The lowest BCUT2D eigenvalue weighted by molar-refractivity contribution is -0.135. The van der Waals surface area contributed by atoms with E-state index in [1.54, 1.807) is 20.1 Å². The van der Waals surface area contributed by atoms with E-state index in [9.17, 15) is 19.6 Å². The van der Waals surface area contributed by atoms with Crippen molar-refractivity contribution < 1.29 is 19.1 Å². The summed E-state index contributed by atoms with van der Waals surface area (Å²) in [5.41, 5.74) is -1.30. The summed E-state index contributed by atoms with van der Waals surface area (Å²) in [5, 5.41) is 15.0. The van der Waals surface area contributed by atoms with E-state index in [1.165, 1.54) is 0 Å². The molecule has 8 nitrogen and oxygen atoms in total. The van der Waals surface area contributed by atoms with Gasteiger partial charge >= 0.3 is 6.03 Å². The Morgan fingerprint density at radius 1 is 1.28 bits per heavy atom. The molecule has 0 unspecified atom stereocenters. The Labute approximate surface area is 170 Å². The third-order valence-electron chi connectivity index (χ3n) is 5.68. The lowest BCUT2D eigenvalue weighted by Gasteiger charge is -2.32. The number of para-hydroxylation sites is 1. The van der Waals surface area contributed by atoms with Gasteiger partial charge in [0.1, 0.15) is 23.4 Å². The van der Waals surface area contributed by atoms with Gasteiger partial charge in [0.25, 0.3) is 5.91 Å². The van der Waals surface area contributed by atoms with Gasteiger partial charge in [-0.1, -0.05) is 37.5 Å². The molecule has 0 aromatic heterocycles. The van der Waals surface area contributed by atoms with E-state index in [2.05, 4.69) is 16.7 Å². The van der Waals surface area contributed by atoms with E-state index < -0.39 is 35.5 Å². The lowest BCUT2D eigenvalue weighted by Crippen LogP contribution is -2.52. The molecule has 2 fully saturated rings. The largest absolute Gasteiger partial charge is 0.496 e. The molecule has 1 saturated carbocycles. The fourth-order valence-corrected chi connectivity index (χ4v) is 4.11. The van der Waals surface area contributed by atoms with Crippen LogP contribution in [0, 0.1) is 11.3 Å². The minimum Gasteiger partial charge on any atom is -0.496 e. The number of carbonyl (C=O) groups is 3. The van der Waals surface area contributed by atoms with Gasteiger partial charge in [-0.25, -0.2) is 4.79 Å². The zero-order chi connectivity index (χ0) is 21.1. The molecule has 3 rings (SSSR count). The van der Waals surface area contributed by atoms with Crippen molar-refractivity contribution >= 4 is 17.8 Å². The van der Waals surface area contributed by atoms with Crippen molar-refractivity contribution in [3.63, 3.8) is 0 Å². The predicted molar refractivity (Wildman–Crippen MR) is 105 cm³/mol. The Hall–Kier alpha value is -3.08. The first kappa shape index (κ1) is 20.6. The summed E-state index contributed by atoms with van der Waals surface area (Å²) in [4.78, 5) is 38.9. The Morgan fingerprint density at radius 3 is 2.62 bits per heavy atom. The molecule has 1 aliphatic heterocycles. The average molecular weight is 398 g/mol. The Bertz CT molecular complexity index is 856. The van der Waals surface area contributed by atoms with Gasteiger partial charge in [0.15, 0.2) is 0 Å². The number of benzene rings is 1. The third kappa shape index (κ3) is 4.19. The van der Waals surface area contributed by atoms with Crippen LogP contribution < -0.4 is 15.4 Å². The number of hydrogen-bond acceptors (Lipinski definition) is 5. The number of hydrogen-bond donors (Lipinski definition) is 2. The maximum absolute atomic E-state index is 13.0. The Balaban J connectivity index is 1.70. The Morgan fingerprint density at radius 2 is 1.97 bits per heavy atom. The summed E-state index contributed by atoms with van der Waals surface area (Å²) in [6.45, 7) is 1.23. The van der Waals surface area contributed by atoms with Crippen molar-refractivity contribution in [1.82, 2.24) is 15.5 Å². The molecule has 8 heteroatoms. The first-order chi connectivity index (χ1) is 13.8. The van der Waals surface area contributed by atoms with Gasteiger partial charge in [0.05, 0.1) is 13.2 Å². The lowest BCUT2D eigenvalue weighted by atomic mass is 9.83. The highest BCUT2D eigenvalue weighted by Gasteiger charge is 2.49. The smallest absolute Gasteiger partial charge is 0.325 e. The molecular weight excluding hydrogens is 372 g/mol. The van der Waals surface area contributed by atoms with Crippen LogP contribution in [0.2, 0.25) is 0 Å². The van der Waals surface area contributed by atoms with Crippen molar-refractivity contribution in [2.45, 2.75) is 56.5 Å². The van der Waals surface area contributed by atoms with E-state index in [4.69, 9.17) is 4.74 Å². The number of carbonyl (C=O) groups excluding carboxylic acids is 3. The van der Waals surface area contributed by atoms with Gasteiger partial charge in [-0.3, -0.25) is 14.5 Å². The van der Waals surface area contributed by atoms with Gasteiger partial charge in [0, 0.05) is 6.42 Å². The molecule has 1 aromatic rings. The number of imide groups is 1. The normalized spacial score (nSPS) is 23.3. The van der Waals surface area contributed by atoms with Crippen LogP contribution in [0.4, 0.5) is 4.79 Å². The first-order valence-electron chi connectivity index (χ1n) is 9.81. The molecule has 0 bridgehead atoms. The topological polar surface area (TPSA) is 112 Å². The second-order valence-electron chi connectivity index (χ2n) is 7.94. The van der Waals surface area contributed by atoms with Crippen LogP contribution in [0.1, 0.15) is 44.6 Å². The molecule has 2 N–H and O–H groups in total. The number of nitrogens with zero attached hydrogens (tertiary/aromatic N) is 2. The minimum absolute atomic E-state index is 0.238. The van der Waals surface area contributed by atoms with Crippen LogP contribution in [0.15, 0.2) is 24.3 Å². The van der Waals surface area contributed by atoms with Crippen LogP contribution in [0.5, 0.6) is 5.75 Å². The van der Waals surface area contributed by atoms with Gasteiger partial charge in [0.2, 0.25) is 5.91 Å². The molecule has 4 amide bonds. The zero-order valence-electron chi connectivity index (χ0n) is 16.8. The number of amides is 4. The minimum atomic E-state index is -1.18. The van der Waals surface area contributed by atoms with Crippen molar-refractivity contribution in [1.29, 1.82) is 5.26 Å². The molecule has 0 spiro atoms. The number of ether oxygens (including phenoxy) is 1. The van der Waals surface area contributed by atoms with Crippen LogP contribution in [0.25, 0.3) is 0 Å². The molecule has 0 radical (unpaired) electrons. The van der Waals surface area contributed by atoms with Crippen LogP contribution in [0.3, 0.4) is 0 Å². The molecule has 1 heterocycles. The molecule has 1 aromatic carbocycles. The maximum Gasteiger partial charge on any atom is 0.325 e. The van der Waals surface area contributed by atoms with Crippen LogP contribution in [-0.2, 0) is 16.0 Å². The zero-order valence-corrected chi connectivity index (χ0v) is 16.8. The number of nitriles is 1. The summed E-state index contributed by atoms with van der Waals surface area (Å²) >= 11 is 0. The second kappa shape index (κ2) is 8.11. The number of nitrogens with one attached hydrogen (secondary N) is 2. The fraction of sp³-hybridized carbons (Fsp3) is 0.524. The monoisotopic (exact) mass is 398 g/mol. The van der Waals surface area contributed by atoms with Crippen molar-refractivity contribution in [3.8, 4) is 11.8 Å². The highest BCUT2D eigenvalue weighted by molar-refractivity contribution is 6.09. The molecule has 29 heavy (non-hydrogen) atoms. The highest BCUT2D eigenvalue weighted by atomic mass is 16.5. The molecule has 1 atom stereocenters. The van der Waals surface area contributed by atoms with E-state index >= 15 is 0 Å².